The summed E-state index contributed by atoms with van der Waals surface area (Å²) >= 11 is 0. The van der Waals surface area contributed by atoms with Crippen molar-refractivity contribution in [1.29, 1.82) is 0 Å². The molecule has 1 saturated heterocycles. The average Bonchev–Trinajstić information content (AvgIpc) is 2.62. The molecule has 1 fully saturated rings. The van der Waals surface area contributed by atoms with Crippen LogP contribution in [0.2, 0.25) is 0 Å². The van der Waals surface area contributed by atoms with Crippen LogP contribution in [-0.4, -0.2) is 52.6 Å². The van der Waals surface area contributed by atoms with Crippen molar-refractivity contribution in [3.8, 4) is 11.4 Å². The van der Waals surface area contributed by atoms with E-state index in [9.17, 15) is 0 Å². The van der Waals surface area contributed by atoms with E-state index in [2.05, 4.69) is 26.7 Å². The number of pyridine rings is 1. The lowest BCUT2D eigenvalue weighted by molar-refractivity contribution is 0.270. The average molecular weight is 335 g/mol. The molecule has 7 heteroatoms. The molecule has 0 unspecified atom stereocenters. The van der Waals surface area contributed by atoms with Gasteiger partial charge in [-0.15, -0.1) is 12.4 Å². The lowest BCUT2D eigenvalue weighted by Crippen LogP contribution is -2.46. The maximum Gasteiger partial charge on any atom is 0.226 e. The molecule has 23 heavy (non-hydrogen) atoms. The van der Waals surface area contributed by atoms with Crippen molar-refractivity contribution in [2.45, 2.75) is 13.5 Å². The van der Waals surface area contributed by atoms with E-state index in [1.165, 1.54) is 0 Å². The van der Waals surface area contributed by atoms with Gasteiger partial charge in [0.25, 0.3) is 0 Å². The second kappa shape index (κ2) is 8.19. The van der Waals surface area contributed by atoms with Gasteiger partial charge in [0, 0.05) is 38.9 Å². The number of piperazine rings is 1. The van der Waals surface area contributed by atoms with Gasteiger partial charge in [0.15, 0.2) is 0 Å². The number of halogens is 1. The highest BCUT2D eigenvalue weighted by Gasteiger charge is 2.19. The van der Waals surface area contributed by atoms with Crippen LogP contribution in [0, 0.1) is 0 Å². The van der Waals surface area contributed by atoms with E-state index in [4.69, 9.17) is 10.7 Å². The normalized spacial score (nSPS) is 15.3. The summed E-state index contributed by atoms with van der Waals surface area (Å²) in [4.78, 5) is 18.3. The summed E-state index contributed by atoms with van der Waals surface area (Å²) in [7, 11) is 0. The summed E-state index contributed by atoms with van der Waals surface area (Å²) in [6, 6.07) is 7.75. The van der Waals surface area contributed by atoms with Crippen molar-refractivity contribution >= 4 is 18.4 Å². The molecule has 2 N–H and O–H groups in total. The number of likely N-dealkylation sites (N-methyl/N-ethyl adjacent to an activating group) is 1. The van der Waals surface area contributed by atoms with E-state index >= 15 is 0 Å². The van der Waals surface area contributed by atoms with E-state index in [1.54, 1.807) is 6.20 Å². The molecule has 0 radical (unpaired) electrons. The Kier molecular flexibility index (Phi) is 6.27. The van der Waals surface area contributed by atoms with Gasteiger partial charge in [-0.05, 0) is 24.7 Å². The summed E-state index contributed by atoms with van der Waals surface area (Å²) in [5.74, 6) is 0.763. The van der Waals surface area contributed by atoms with Gasteiger partial charge in [0.1, 0.15) is 0 Å². The molecule has 2 aromatic rings. The van der Waals surface area contributed by atoms with Crippen LogP contribution in [0.25, 0.3) is 11.4 Å². The lowest BCUT2D eigenvalue weighted by Gasteiger charge is -2.34. The molecule has 1 aliphatic heterocycles. The predicted octanol–water partition coefficient (Wildman–Crippen LogP) is 1.56. The molecule has 2 aromatic heterocycles. The smallest absolute Gasteiger partial charge is 0.226 e. The fourth-order valence-corrected chi connectivity index (χ4v) is 2.64. The molecule has 0 spiro atoms. The quantitative estimate of drug-likeness (QED) is 0.915. The van der Waals surface area contributed by atoms with Crippen LogP contribution in [0.4, 0.5) is 5.95 Å². The van der Waals surface area contributed by atoms with Crippen LogP contribution in [0.1, 0.15) is 12.6 Å². The number of nitrogens with zero attached hydrogens (tertiary/aromatic N) is 5. The van der Waals surface area contributed by atoms with Crippen molar-refractivity contribution in [1.82, 2.24) is 19.9 Å². The molecule has 3 rings (SSSR count). The Morgan fingerprint density at radius 3 is 2.48 bits per heavy atom. The molecule has 0 aliphatic carbocycles. The molecule has 0 aromatic carbocycles. The van der Waals surface area contributed by atoms with E-state index in [-0.39, 0.29) is 12.4 Å². The van der Waals surface area contributed by atoms with Crippen molar-refractivity contribution < 1.29 is 0 Å². The highest BCUT2D eigenvalue weighted by atomic mass is 35.5. The third-order valence-corrected chi connectivity index (χ3v) is 4.01. The molecule has 3 heterocycles. The minimum atomic E-state index is 0. The first-order chi connectivity index (χ1) is 10.8. The summed E-state index contributed by atoms with van der Waals surface area (Å²) in [6.45, 7) is 7.69. The first kappa shape index (κ1) is 17.6. The molecular formula is C16H23ClN6. The zero-order chi connectivity index (χ0) is 15.4. The second-order valence-electron chi connectivity index (χ2n) is 5.38. The molecule has 1 aliphatic rings. The Bertz CT molecular complexity index is 613. The van der Waals surface area contributed by atoms with Crippen molar-refractivity contribution in [2.24, 2.45) is 5.73 Å². The zero-order valence-electron chi connectivity index (χ0n) is 13.4. The number of aromatic nitrogens is 3. The van der Waals surface area contributed by atoms with Crippen LogP contribution >= 0.6 is 12.4 Å². The van der Waals surface area contributed by atoms with Gasteiger partial charge in [-0.25, -0.2) is 9.97 Å². The summed E-state index contributed by atoms with van der Waals surface area (Å²) < 4.78 is 0. The molecular weight excluding hydrogens is 312 g/mol. The van der Waals surface area contributed by atoms with Gasteiger partial charge in [-0.3, -0.25) is 4.98 Å². The van der Waals surface area contributed by atoms with Gasteiger partial charge in [-0.2, -0.15) is 0 Å². The zero-order valence-corrected chi connectivity index (χ0v) is 14.2. The summed E-state index contributed by atoms with van der Waals surface area (Å²) in [5.41, 5.74) is 8.34. The van der Waals surface area contributed by atoms with Crippen LogP contribution in [0.3, 0.4) is 0 Å². The summed E-state index contributed by atoms with van der Waals surface area (Å²) in [6.07, 6.45) is 1.78. The van der Waals surface area contributed by atoms with E-state index in [0.717, 1.165) is 55.8 Å². The maximum absolute atomic E-state index is 5.80. The number of hydrogen-bond acceptors (Lipinski definition) is 6. The van der Waals surface area contributed by atoms with Gasteiger partial charge in [0.2, 0.25) is 5.95 Å². The molecule has 6 nitrogen and oxygen atoms in total. The SMILES string of the molecule is CCN1CCN(c2nc(CN)cc(-c3ccccn3)n2)CC1.Cl. The first-order valence-electron chi connectivity index (χ1n) is 7.77. The topological polar surface area (TPSA) is 71.2 Å². The molecule has 0 saturated carbocycles. The Hall–Kier alpha value is -1.76. The van der Waals surface area contributed by atoms with Crippen LogP contribution in [0.5, 0.6) is 0 Å². The van der Waals surface area contributed by atoms with Crippen molar-refractivity contribution in [2.75, 3.05) is 37.6 Å². The standard InChI is InChI=1S/C16H22N6.ClH/c1-2-21-7-9-22(10-8-21)16-19-13(12-17)11-15(20-16)14-5-3-4-6-18-14;/h3-6,11H,2,7-10,12,17H2,1H3;1H. The molecule has 124 valence electrons. The molecule has 0 atom stereocenters. The maximum atomic E-state index is 5.80. The Labute approximate surface area is 143 Å². The van der Waals surface area contributed by atoms with E-state index < -0.39 is 0 Å². The monoisotopic (exact) mass is 334 g/mol. The van der Waals surface area contributed by atoms with Gasteiger partial charge < -0.3 is 15.5 Å². The van der Waals surface area contributed by atoms with Crippen molar-refractivity contribution in [3.63, 3.8) is 0 Å². The minimum Gasteiger partial charge on any atom is -0.338 e. The number of rotatable bonds is 4. The van der Waals surface area contributed by atoms with Crippen molar-refractivity contribution in [3.05, 3.63) is 36.2 Å². The Balaban J connectivity index is 0.00000192. The minimum absolute atomic E-state index is 0. The highest BCUT2D eigenvalue weighted by molar-refractivity contribution is 5.85. The van der Waals surface area contributed by atoms with E-state index in [0.29, 0.717) is 6.54 Å². The third-order valence-electron chi connectivity index (χ3n) is 4.01. The van der Waals surface area contributed by atoms with E-state index in [1.807, 2.05) is 24.3 Å². The highest BCUT2D eigenvalue weighted by Crippen LogP contribution is 2.19. The number of nitrogens with two attached hydrogens (primary N) is 1. The van der Waals surface area contributed by atoms with Crippen LogP contribution < -0.4 is 10.6 Å². The Morgan fingerprint density at radius 1 is 1.09 bits per heavy atom. The Morgan fingerprint density at radius 2 is 1.87 bits per heavy atom. The fraction of sp³-hybridized carbons (Fsp3) is 0.438. The van der Waals surface area contributed by atoms with Gasteiger partial charge >= 0.3 is 0 Å². The van der Waals surface area contributed by atoms with Crippen LogP contribution in [-0.2, 0) is 6.54 Å². The molecule has 0 amide bonds. The van der Waals surface area contributed by atoms with Gasteiger partial charge in [-0.1, -0.05) is 13.0 Å². The fourth-order valence-electron chi connectivity index (χ4n) is 2.64. The number of hydrogen-bond donors (Lipinski definition) is 1. The molecule has 0 bridgehead atoms. The second-order valence-corrected chi connectivity index (χ2v) is 5.38. The van der Waals surface area contributed by atoms with Crippen LogP contribution in [0.15, 0.2) is 30.5 Å². The summed E-state index contributed by atoms with van der Waals surface area (Å²) in [5, 5.41) is 0. The van der Waals surface area contributed by atoms with Gasteiger partial charge in [0.05, 0.1) is 17.1 Å². The third kappa shape index (κ3) is 4.16. The largest absolute Gasteiger partial charge is 0.338 e. The first-order valence-corrected chi connectivity index (χ1v) is 7.77. The number of anilines is 1. The predicted molar refractivity (Wildman–Crippen MR) is 94.7 cm³/mol. The lowest BCUT2D eigenvalue weighted by atomic mass is 10.2.